The van der Waals surface area contributed by atoms with E-state index in [2.05, 4.69) is 19.2 Å². The van der Waals surface area contributed by atoms with Crippen molar-refractivity contribution in [1.29, 1.82) is 0 Å². The zero-order chi connectivity index (χ0) is 15.2. The lowest BCUT2D eigenvalue weighted by molar-refractivity contribution is 0.397. The Morgan fingerprint density at radius 2 is 1.80 bits per heavy atom. The number of ether oxygens (including phenoxy) is 1. The fourth-order valence-corrected chi connectivity index (χ4v) is 3.75. The van der Waals surface area contributed by atoms with Gasteiger partial charge in [-0.15, -0.1) is 0 Å². The van der Waals surface area contributed by atoms with E-state index >= 15 is 0 Å². The second kappa shape index (κ2) is 7.64. The molecule has 0 fully saturated rings. The SMILES string of the molecule is CCNC(CS(=O)(=O)c1ccc(OC)cc1)C(C)CC. The standard InChI is InChI=1S/C15H25NO3S/c1-5-12(3)15(16-6-2)11-20(17,18)14-9-7-13(19-4)8-10-14/h7-10,12,15-16H,5-6,11H2,1-4H3. The first-order chi connectivity index (χ1) is 9.44. The molecular weight excluding hydrogens is 274 g/mol. The van der Waals surface area contributed by atoms with Gasteiger partial charge in [0.25, 0.3) is 0 Å². The van der Waals surface area contributed by atoms with Crippen molar-refractivity contribution in [3.05, 3.63) is 24.3 Å². The van der Waals surface area contributed by atoms with Crippen LogP contribution >= 0.6 is 0 Å². The van der Waals surface area contributed by atoms with Crippen molar-refractivity contribution in [2.75, 3.05) is 19.4 Å². The number of benzene rings is 1. The molecule has 0 radical (unpaired) electrons. The van der Waals surface area contributed by atoms with Crippen LogP contribution < -0.4 is 10.1 Å². The molecular formula is C15H25NO3S. The maximum absolute atomic E-state index is 12.5. The quantitative estimate of drug-likeness (QED) is 0.801. The molecule has 20 heavy (non-hydrogen) atoms. The first-order valence-electron chi connectivity index (χ1n) is 7.04. The highest BCUT2D eigenvalue weighted by Gasteiger charge is 2.24. The van der Waals surface area contributed by atoms with Gasteiger partial charge in [0.15, 0.2) is 9.84 Å². The van der Waals surface area contributed by atoms with E-state index in [1.54, 1.807) is 31.4 Å². The lowest BCUT2D eigenvalue weighted by Gasteiger charge is -2.23. The molecule has 0 aliphatic rings. The molecule has 5 heteroatoms. The van der Waals surface area contributed by atoms with Crippen molar-refractivity contribution < 1.29 is 13.2 Å². The molecule has 0 aliphatic heterocycles. The molecule has 2 unspecified atom stereocenters. The second-order valence-electron chi connectivity index (χ2n) is 5.01. The van der Waals surface area contributed by atoms with Gasteiger partial charge in [0.05, 0.1) is 17.8 Å². The van der Waals surface area contributed by atoms with Crippen LogP contribution in [0.5, 0.6) is 5.75 Å². The van der Waals surface area contributed by atoms with Crippen molar-refractivity contribution in [2.45, 2.75) is 38.1 Å². The third-order valence-corrected chi connectivity index (χ3v) is 5.40. The normalized spacial score (nSPS) is 14.8. The fraction of sp³-hybridized carbons (Fsp3) is 0.600. The van der Waals surface area contributed by atoms with Crippen LogP contribution in [0.1, 0.15) is 27.2 Å². The Morgan fingerprint density at radius 3 is 2.25 bits per heavy atom. The number of rotatable bonds is 8. The maximum atomic E-state index is 12.5. The summed E-state index contributed by atoms with van der Waals surface area (Å²) in [5, 5.41) is 3.28. The Balaban J connectivity index is 2.90. The topological polar surface area (TPSA) is 55.4 Å². The van der Waals surface area contributed by atoms with E-state index in [1.807, 2.05) is 6.92 Å². The predicted molar refractivity (Wildman–Crippen MR) is 82.0 cm³/mol. The first kappa shape index (κ1) is 17.0. The van der Waals surface area contributed by atoms with Gasteiger partial charge in [0, 0.05) is 6.04 Å². The average molecular weight is 299 g/mol. The zero-order valence-electron chi connectivity index (χ0n) is 12.7. The fourth-order valence-electron chi connectivity index (χ4n) is 2.09. The Bertz CT molecular complexity index is 496. The molecule has 0 saturated heterocycles. The lowest BCUT2D eigenvalue weighted by atomic mass is 10.0. The smallest absolute Gasteiger partial charge is 0.179 e. The Kier molecular flexibility index (Phi) is 6.49. The zero-order valence-corrected chi connectivity index (χ0v) is 13.5. The van der Waals surface area contributed by atoms with Crippen LogP contribution in [0.25, 0.3) is 0 Å². The molecule has 0 bridgehead atoms. The molecule has 2 atom stereocenters. The highest BCUT2D eigenvalue weighted by molar-refractivity contribution is 7.91. The Hall–Kier alpha value is -1.07. The predicted octanol–water partition coefficient (Wildman–Crippen LogP) is 2.49. The van der Waals surface area contributed by atoms with Crippen LogP contribution in [0, 0.1) is 5.92 Å². The summed E-state index contributed by atoms with van der Waals surface area (Å²) in [6, 6.07) is 6.55. The monoisotopic (exact) mass is 299 g/mol. The van der Waals surface area contributed by atoms with Gasteiger partial charge in [-0.2, -0.15) is 0 Å². The van der Waals surface area contributed by atoms with Gasteiger partial charge < -0.3 is 10.1 Å². The summed E-state index contributed by atoms with van der Waals surface area (Å²) in [6.07, 6.45) is 0.954. The van der Waals surface area contributed by atoms with Crippen LogP contribution in [0.4, 0.5) is 0 Å². The molecule has 1 aromatic rings. The van der Waals surface area contributed by atoms with E-state index in [-0.39, 0.29) is 11.8 Å². The Labute approximate surface area is 122 Å². The number of methoxy groups -OCH3 is 1. The second-order valence-corrected chi connectivity index (χ2v) is 7.04. The molecule has 0 aromatic heterocycles. The van der Waals surface area contributed by atoms with Gasteiger partial charge in [-0.05, 0) is 36.7 Å². The minimum atomic E-state index is -3.28. The summed E-state index contributed by atoms with van der Waals surface area (Å²) in [7, 11) is -1.72. The summed E-state index contributed by atoms with van der Waals surface area (Å²) in [6.45, 7) is 6.92. The largest absolute Gasteiger partial charge is 0.497 e. The van der Waals surface area contributed by atoms with Crippen molar-refractivity contribution in [3.8, 4) is 5.75 Å². The van der Waals surface area contributed by atoms with Crippen molar-refractivity contribution >= 4 is 9.84 Å². The average Bonchev–Trinajstić information content (AvgIpc) is 2.45. The van der Waals surface area contributed by atoms with Crippen LogP contribution in [0.15, 0.2) is 29.2 Å². The summed E-state index contributed by atoms with van der Waals surface area (Å²) in [5.41, 5.74) is 0. The highest BCUT2D eigenvalue weighted by Crippen LogP contribution is 2.19. The van der Waals surface area contributed by atoms with Crippen LogP contribution in [0.2, 0.25) is 0 Å². The first-order valence-corrected chi connectivity index (χ1v) is 8.70. The number of hydrogen-bond acceptors (Lipinski definition) is 4. The molecule has 1 rings (SSSR count). The molecule has 0 amide bonds. The van der Waals surface area contributed by atoms with E-state index in [1.165, 1.54) is 0 Å². The third-order valence-electron chi connectivity index (χ3n) is 3.61. The van der Waals surface area contributed by atoms with E-state index in [0.717, 1.165) is 13.0 Å². The van der Waals surface area contributed by atoms with Gasteiger partial charge in [-0.1, -0.05) is 27.2 Å². The third kappa shape index (κ3) is 4.49. The van der Waals surface area contributed by atoms with Crippen molar-refractivity contribution in [1.82, 2.24) is 5.32 Å². The van der Waals surface area contributed by atoms with Gasteiger partial charge >= 0.3 is 0 Å². The van der Waals surface area contributed by atoms with E-state index < -0.39 is 9.84 Å². The van der Waals surface area contributed by atoms with Crippen molar-refractivity contribution in [3.63, 3.8) is 0 Å². The van der Waals surface area contributed by atoms with Crippen LogP contribution in [0.3, 0.4) is 0 Å². The van der Waals surface area contributed by atoms with Crippen LogP contribution in [-0.4, -0.2) is 33.9 Å². The molecule has 4 nitrogen and oxygen atoms in total. The van der Waals surface area contributed by atoms with Gasteiger partial charge in [0.2, 0.25) is 0 Å². The minimum absolute atomic E-state index is 0.0166. The molecule has 1 aromatic carbocycles. The number of hydrogen-bond donors (Lipinski definition) is 1. The summed E-state index contributed by atoms with van der Waals surface area (Å²) in [4.78, 5) is 0.351. The van der Waals surface area contributed by atoms with E-state index in [4.69, 9.17) is 4.74 Å². The lowest BCUT2D eigenvalue weighted by Crippen LogP contribution is -2.40. The van der Waals surface area contributed by atoms with Crippen molar-refractivity contribution in [2.24, 2.45) is 5.92 Å². The summed E-state index contributed by atoms with van der Waals surface area (Å²) >= 11 is 0. The van der Waals surface area contributed by atoms with Gasteiger partial charge in [-0.3, -0.25) is 0 Å². The molecule has 0 aliphatic carbocycles. The summed E-state index contributed by atoms with van der Waals surface area (Å²) in [5.74, 6) is 1.11. The number of nitrogens with one attached hydrogen (secondary N) is 1. The highest BCUT2D eigenvalue weighted by atomic mass is 32.2. The van der Waals surface area contributed by atoms with Gasteiger partial charge in [-0.25, -0.2) is 8.42 Å². The molecule has 0 heterocycles. The molecule has 0 spiro atoms. The van der Waals surface area contributed by atoms with Gasteiger partial charge in [0.1, 0.15) is 5.75 Å². The number of sulfone groups is 1. The molecule has 114 valence electrons. The van der Waals surface area contributed by atoms with Crippen LogP contribution in [-0.2, 0) is 9.84 Å². The minimum Gasteiger partial charge on any atom is -0.497 e. The van der Waals surface area contributed by atoms with E-state index in [0.29, 0.717) is 16.6 Å². The van der Waals surface area contributed by atoms with E-state index in [9.17, 15) is 8.42 Å². The maximum Gasteiger partial charge on any atom is 0.179 e. The molecule has 0 saturated carbocycles. The molecule has 1 N–H and O–H groups in total. The summed E-state index contributed by atoms with van der Waals surface area (Å²) < 4.78 is 30.0. The Morgan fingerprint density at radius 1 is 1.20 bits per heavy atom.